The number of ether oxygens (including phenoxy) is 1. The molecule has 0 spiro atoms. The number of hydrogen-bond donors (Lipinski definition) is 1. The third-order valence-electron chi connectivity index (χ3n) is 2.33. The first-order valence-corrected chi connectivity index (χ1v) is 5.11. The molecule has 0 fully saturated rings. The van der Waals surface area contributed by atoms with Gasteiger partial charge in [0, 0.05) is 23.7 Å². The second kappa shape index (κ2) is 5.35. The van der Waals surface area contributed by atoms with Crippen molar-refractivity contribution in [3.05, 3.63) is 34.9 Å². The first-order valence-electron chi connectivity index (χ1n) is 4.73. The summed E-state index contributed by atoms with van der Waals surface area (Å²) in [5.41, 5.74) is 6.91. The molecule has 1 aromatic rings. The van der Waals surface area contributed by atoms with Gasteiger partial charge >= 0.3 is 0 Å². The molecule has 0 aromatic heterocycles. The average Bonchev–Trinajstić information content (AvgIpc) is 2.21. The van der Waals surface area contributed by atoms with E-state index in [-0.39, 0.29) is 12.1 Å². The third kappa shape index (κ3) is 2.47. The van der Waals surface area contributed by atoms with Crippen molar-refractivity contribution >= 4 is 11.6 Å². The Bertz CT molecular complexity index is 290. The lowest BCUT2D eigenvalue weighted by Gasteiger charge is -2.22. The molecule has 0 amide bonds. The SMILES string of the molecule is CCC(N)C(OC)c1ccccc1Cl. The highest BCUT2D eigenvalue weighted by Crippen LogP contribution is 2.27. The molecule has 3 heteroatoms. The van der Waals surface area contributed by atoms with Crippen molar-refractivity contribution in [3.63, 3.8) is 0 Å². The number of benzene rings is 1. The van der Waals surface area contributed by atoms with Gasteiger partial charge in [0.2, 0.25) is 0 Å². The van der Waals surface area contributed by atoms with Crippen LogP contribution in [0.3, 0.4) is 0 Å². The van der Waals surface area contributed by atoms with Gasteiger partial charge in [0.15, 0.2) is 0 Å². The molecule has 14 heavy (non-hydrogen) atoms. The summed E-state index contributed by atoms with van der Waals surface area (Å²) in [6.45, 7) is 2.04. The van der Waals surface area contributed by atoms with Crippen molar-refractivity contribution < 1.29 is 4.74 Å². The largest absolute Gasteiger partial charge is 0.375 e. The quantitative estimate of drug-likeness (QED) is 0.835. The second-order valence-electron chi connectivity index (χ2n) is 3.25. The van der Waals surface area contributed by atoms with Gasteiger partial charge in [-0.1, -0.05) is 36.7 Å². The topological polar surface area (TPSA) is 35.2 Å². The van der Waals surface area contributed by atoms with Gasteiger partial charge in [-0.15, -0.1) is 0 Å². The Balaban J connectivity index is 2.94. The van der Waals surface area contributed by atoms with Crippen LogP contribution in [0, 0.1) is 0 Å². The van der Waals surface area contributed by atoms with E-state index >= 15 is 0 Å². The van der Waals surface area contributed by atoms with E-state index in [1.54, 1.807) is 7.11 Å². The molecule has 1 aromatic carbocycles. The van der Waals surface area contributed by atoms with Gasteiger partial charge in [0.1, 0.15) is 0 Å². The number of rotatable bonds is 4. The van der Waals surface area contributed by atoms with Crippen LogP contribution in [-0.4, -0.2) is 13.2 Å². The van der Waals surface area contributed by atoms with Crippen molar-refractivity contribution in [3.8, 4) is 0 Å². The lowest BCUT2D eigenvalue weighted by Crippen LogP contribution is -2.28. The van der Waals surface area contributed by atoms with E-state index in [2.05, 4.69) is 0 Å². The summed E-state index contributed by atoms with van der Waals surface area (Å²) in [7, 11) is 1.66. The summed E-state index contributed by atoms with van der Waals surface area (Å²) in [5, 5.41) is 0.711. The molecule has 2 unspecified atom stereocenters. The van der Waals surface area contributed by atoms with Crippen LogP contribution < -0.4 is 5.73 Å². The molecule has 0 bridgehead atoms. The maximum atomic E-state index is 6.06. The molecule has 0 radical (unpaired) electrons. The minimum Gasteiger partial charge on any atom is -0.375 e. The van der Waals surface area contributed by atoms with Crippen LogP contribution in [0.15, 0.2) is 24.3 Å². The predicted octanol–water partition coefficient (Wildman–Crippen LogP) is 2.76. The molecule has 0 saturated carbocycles. The molecule has 2 atom stereocenters. The molecule has 0 saturated heterocycles. The Kier molecular flexibility index (Phi) is 4.39. The van der Waals surface area contributed by atoms with Crippen LogP contribution in [0.5, 0.6) is 0 Å². The maximum Gasteiger partial charge on any atom is 0.0986 e. The second-order valence-corrected chi connectivity index (χ2v) is 3.66. The molecular formula is C11H16ClNO. The first-order chi connectivity index (χ1) is 6.70. The molecule has 78 valence electrons. The average molecular weight is 214 g/mol. The molecule has 0 heterocycles. The fraction of sp³-hybridized carbons (Fsp3) is 0.455. The van der Waals surface area contributed by atoms with Gasteiger partial charge in [0.05, 0.1) is 6.10 Å². The van der Waals surface area contributed by atoms with Crippen molar-refractivity contribution in [2.75, 3.05) is 7.11 Å². The van der Waals surface area contributed by atoms with Crippen LogP contribution in [0.2, 0.25) is 5.02 Å². The van der Waals surface area contributed by atoms with E-state index in [1.807, 2.05) is 31.2 Å². The Morgan fingerprint density at radius 1 is 1.43 bits per heavy atom. The standard InChI is InChI=1S/C11H16ClNO/c1-3-10(13)11(14-2)8-6-4-5-7-9(8)12/h4-7,10-11H,3,13H2,1-2H3. The number of halogens is 1. The van der Waals surface area contributed by atoms with E-state index < -0.39 is 0 Å². The highest BCUT2D eigenvalue weighted by Gasteiger charge is 2.19. The fourth-order valence-electron chi connectivity index (χ4n) is 1.45. The number of nitrogens with two attached hydrogens (primary N) is 1. The Morgan fingerprint density at radius 2 is 2.07 bits per heavy atom. The maximum absolute atomic E-state index is 6.06. The Morgan fingerprint density at radius 3 is 2.57 bits per heavy atom. The summed E-state index contributed by atoms with van der Waals surface area (Å²) < 4.78 is 5.36. The minimum absolute atomic E-state index is 0.0140. The van der Waals surface area contributed by atoms with Crippen LogP contribution in [0.25, 0.3) is 0 Å². The summed E-state index contributed by atoms with van der Waals surface area (Å²) in [5.74, 6) is 0. The fourth-order valence-corrected chi connectivity index (χ4v) is 1.70. The molecule has 0 aliphatic carbocycles. The van der Waals surface area contributed by atoms with E-state index in [1.165, 1.54) is 0 Å². The summed E-state index contributed by atoms with van der Waals surface area (Å²) in [6, 6.07) is 7.63. The highest BCUT2D eigenvalue weighted by molar-refractivity contribution is 6.31. The lowest BCUT2D eigenvalue weighted by molar-refractivity contribution is 0.0792. The van der Waals surface area contributed by atoms with Crippen LogP contribution in [0.1, 0.15) is 25.0 Å². The van der Waals surface area contributed by atoms with E-state index in [0.29, 0.717) is 5.02 Å². The van der Waals surface area contributed by atoms with Crippen LogP contribution >= 0.6 is 11.6 Å². The zero-order chi connectivity index (χ0) is 10.6. The zero-order valence-corrected chi connectivity index (χ0v) is 9.29. The highest BCUT2D eigenvalue weighted by atomic mass is 35.5. The van der Waals surface area contributed by atoms with Gasteiger partial charge in [0.25, 0.3) is 0 Å². The molecule has 0 aliphatic rings. The Hall–Kier alpha value is -0.570. The van der Waals surface area contributed by atoms with Crippen molar-refractivity contribution in [1.82, 2.24) is 0 Å². The monoisotopic (exact) mass is 213 g/mol. The molecular weight excluding hydrogens is 198 g/mol. The smallest absolute Gasteiger partial charge is 0.0986 e. The molecule has 2 N–H and O–H groups in total. The normalized spacial score (nSPS) is 15.1. The van der Waals surface area contributed by atoms with Crippen LogP contribution in [0.4, 0.5) is 0 Å². The van der Waals surface area contributed by atoms with Crippen molar-refractivity contribution in [2.45, 2.75) is 25.5 Å². The van der Waals surface area contributed by atoms with E-state index in [4.69, 9.17) is 22.1 Å². The summed E-state index contributed by atoms with van der Waals surface area (Å²) in [4.78, 5) is 0. The molecule has 0 aliphatic heterocycles. The van der Waals surface area contributed by atoms with Gasteiger partial charge < -0.3 is 10.5 Å². The van der Waals surface area contributed by atoms with Gasteiger partial charge in [-0.2, -0.15) is 0 Å². The van der Waals surface area contributed by atoms with Gasteiger partial charge in [-0.3, -0.25) is 0 Å². The van der Waals surface area contributed by atoms with Crippen LogP contribution in [-0.2, 0) is 4.74 Å². The summed E-state index contributed by atoms with van der Waals surface area (Å²) >= 11 is 6.06. The molecule has 2 nitrogen and oxygen atoms in total. The molecule has 1 rings (SSSR count). The first kappa shape index (κ1) is 11.5. The lowest BCUT2D eigenvalue weighted by atomic mass is 10.0. The summed E-state index contributed by atoms with van der Waals surface area (Å²) in [6.07, 6.45) is 0.748. The predicted molar refractivity (Wildman–Crippen MR) is 59.5 cm³/mol. The number of methoxy groups -OCH3 is 1. The zero-order valence-electron chi connectivity index (χ0n) is 8.53. The van der Waals surface area contributed by atoms with Crippen molar-refractivity contribution in [2.24, 2.45) is 5.73 Å². The van der Waals surface area contributed by atoms with E-state index in [0.717, 1.165) is 12.0 Å². The van der Waals surface area contributed by atoms with Crippen molar-refractivity contribution in [1.29, 1.82) is 0 Å². The third-order valence-corrected chi connectivity index (χ3v) is 2.67. The van der Waals surface area contributed by atoms with Gasteiger partial charge in [-0.25, -0.2) is 0 Å². The van der Waals surface area contributed by atoms with E-state index in [9.17, 15) is 0 Å². The number of hydrogen-bond acceptors (Lipinski definition) is 2. The van der Waals surface area contributed by atoms with Gasteiger partial charge in [-0.05, 0) is 12.5 Å². The Labute approximate surface area is 90.0 Å². The minimum atomic E-state index is -0.117.